The van der Waals surface area contributed by atoms with Crippen molar-refractivity contribution in [3.8, 4) is 17.2 Å². The van der Waals surface area contributed by atoms with Crippen molar-refractivity contribution in [3.05, 3.63) is 48.0 Å². The Hall–Kier alpha value is -3.95. The molecule has 1 amide bonds. The second-order valence-electron chi connectivity index (χ2n) is 8.35. The number of nitrogens with one attached hydrogen (secondary N) is 1. The third kappa shape index (κ3) is 4.89. The van der Waals surface area contributed by atoms with E-state index in [1.54, 1.807) is 19.1 Å². The van der Waals surface area contributed by atoms with Crippen LogP contribution in [0.15, 0.2) is 47.5 Å². The second-order valence-corrected chi connectivity index (χ2v) is 8.35. The number of anilines is 1. The summed E-state index contributed by atoms with van der Waals surface area (Å²) >= 11 is 0. The molecule has 1 fully saturated rings. The van der Waals surface area contributed by atoms with E-state index in [1.165, 1.54) is 21.3 Å². The highest BCUT2D eigenvalue weighted by Gasteiger charge is 2.44. The molecule has 10 nitrogen and oxygen atoms in total. The predicted octanol–water partition coefficient (Wildman–Crippen LogP) is 2.24. The number of nitrogens with zero attached hydrogens (tertiary/aromatic N) is 3. The molecule has 2 aromatic carbocycles. The minimum absolute atomic E-state index is 0.149. The number of amides is 1. The number of benzene rings is 2. The van der Waals surface area contributed by atoms with Crippen LogP contribution in [0.1, 0.15) is 18.5 Å². The van der Waals surface area contributed by atoms with Crippen molar-refractivity contribution in [3.63, 3.8) is 0 Å². The zero-order valence-electron chi connectivity index (χ0n) is 21.0. The lowest BCUT2D eigenvalue weighted by Crippen LogP contribution is -2.57. The minimum atomic E-state index is -1.17. The first-order valence-corrected chi connectivity index (χ1v) is 11.9. The molecule has 2 aromatic rings. The van der Waals surface area contributed by atoms with Crippen LogP contribution in [-0.2, 0) is 14.3 Å². The molecule has 10 heteroatoms. The van der Waals surface area contributed by atoms with Gasteiger partial charge in [-0.15, -0.1) is 0 Å². The fourth-order valence-corrected chi connectivity index (χ4v) is 4.62. The molecule has 2 heterocycles. The molecule has 192 valence electrons. The first-order valence-electron chi connectivity index (χ1n) is 11.9. The lowest BCUT2D eigenvalue weighted by Gasteiger charge is -2.39. The van der Waals surface area contributed by atoms with Gasteiger partial charge in [0, 0.05) is 37.4 Å². The molecule has 0 unspecified atom stereocenters. The molecule has 1 saturated heterocycles. The number of hydrogen-bond acceptors (Lipinski definition) is 9. The second kappa shape index (κ2) is 11.2. The van der Waals surface area contributed by atoms with Crippen molar-refractivity contribution >= 4 is 23.5 Å². The number of aliphatic imine (C=N–C) groups is 1. The summed E-state index contributed by atoms with van der Waals surface area (Å²) in [7, 11) is 4.52. The van der Waals surface area contributed by atoms with Gasteiger partial charge < -0.3 is 28.7 Å². The number of hydrogen-bond donors (Lipinski definition) is 1. The number of carbonyl (C=O) groups is 2. The summed E-state index contributed by atoms with van der Waals surface area (Å²) in [5, 5.41) is 2.84. The summed E-state index contributed by atoms with van der Waals surface area (Å²) in [5.74, 6) is -0.685. The SMILES string of the molecule is CCOC(=O)[C@H]1C(=O)NC(N2CCN(c3ccccc3)CC2)=N[C@@H]1c1ccc(OC)c(OC)c1OC. The van der Waals surface area contributed by atoms with E-state index in [-0.39, 0.29) is 6.61 Å². The molecule has 0 aliphatic carbocycles. The number of methoxy groups -OCH3 is 3. The van der Waals surface area contributed by atoms with E-state index in [1.807, 2.05) is 23.1 Å². The van der Waals surface area contributed by atoms with Crippen LogP contribution >= 0.6 is 0 Å². The molecular weight excluding hydrogens is 464 g/mol. The number of piperazine rings is 1. The molecule has 0 aromatic heterocycles. The van der Waals surface area contributed by atoms with Crippen molar-refractivity contribution in [2.24, 2.45) is 10.9 Å². The summed E-state index contributed by atoms with van der Waals surface area (Å²) in [6.45, 7) is 4.71. The maximum Gasteiger partial charge on any atom is 0.321 e. The molecule has 0 spiro atoms. The van der Waals surface area contributed by atoms with Gasteiger partial charge in [0.1, 0.15) is 6.04 Å². The van der Waals surface area contributed by atoms with E-state index in [9.17, 15) is 9.59 Å². The molecule has 2 atom stereocenters. The standard InChI is InChI=1S/C26H32N4O6/c1-5-36-25(32)20-21(18-11-12-19(33-2)23(35-4)22(18)34-3)27-26(28-24(20)31)30-15-13-29(14-16-30)17-9-7-6-8-10-17/h6-12,20-21H,5,13-16H2,1-4H3,(H,27,28,31)/t20-,21-/m1/s1. The van der Waals surface area contributed by atoms with Crippen LogP contribution in [-0.4, -0.2) is 76.9 Å². The van der Waals surface area contributed by atoms with Crippen molar-refractivity contribution < 1.29 is 28.5 Å². The van der Waals surface area contributed by atoms with Gasteiger partial charge in [-0.3, -0.25) is 14.9 Å². The van der Waals surface area contributed by atoms with E-state index in [4.69, 9.17) is 23.9 Å². The Bertz CT molecular complexity index is 1110. The molecule has 36 heavy (non-hydrogen) atoms. The van der Waals surface area contributed by atoms with Crippen LogP contribution in [0, 0.1) is 5.92 Å². The Morgan fingerprint density at radius 1 is 0.944 bits per heavy atom. The normalized spacial score (nSPS) is 19.8. The molecular formula is C26H32N4O6. The van der Waals surface area contributed by atoms with E-state index in [2.05, 4.69) is 22.3 Å². The van der Waals surface area contributed by atoms with Gasteiger partial charge in [-0.05, 0) is 31.2 Å². The van der Waals surface area contributed by atoms with E-state index in [0.29, 0.717) is 41.9 Å². The summed E-state index contributed by atoms with van der Waals surface area (Å²) in [6.07, 6.45) is 0. The monoisotopic (exact) mass is 496 g/mol. The lowest BCUT2D eigenvalue weighted by molar-refractivity contribution is -0.153. The van der Waals surface area contributed by atoms with Crippen molar-refractivity contribution in [1.82, 2.24) is 10.2 Å². The van der Waals surface area contributed by atoms with Gasteiger partial charge >= 0.3 is 5.97 Å². The number of esters is 1. The number of ether oxygens (including phenoxy) is 4. The first kappa shape index (κ1) is 25.2. The van der Waals surface area contributed by atoms with Gasteiger partial charge in [0.25, 0.3) is 0 Å². The van der Waals surface area contributed by atoms with Crippen LogP contribution in [0.5, 0.6) is 17.2 Å². The van der Waals surface area contributed by atoms with Crippen molar-refractivity contribution in [1.29, 1.82) is 0 Å². The predicted molar refractivity (Wildman–Crippen MR) is 135 cm³/mol. The molecule has 2 aliphatic heterocycles. The topological polar surface area (TPSA) is 102 Å². The minimum Gasteiger partial charge on any atom is -0.493 e. The van der Waals surface area contributed by atoms with Gasteiger partial charge in [-0.1, -0.05) is 18.2 Å². The van der Waals surface area contributed by atoms with E-state index >= 15 is 0 Å². The van der Waals surface area contributed by atoms with Crippen LogP contribution in [0.4, 0.5) is 5.69 Å². The summed E-state index contributed by atoms with van der Waals surface area (Å²) in [4.78, 5) is 35.3. The van der Waals surface area contributed by atoms with Gasteiger partial charge in [0.15, 0.2) is 17.4 Å². The number of carbonyl (C=O) groups excluding carboxylic acids is 2. The van der Waals surface area contributed by atoms with Gasteiger partial charge in [-0.2, -0.15) is 0 Å². The van der Waals surface area contributed by atoms with Crippen molar-refractivity contribution in [2.75, 3.05) is 59.0 Å². The molecule has 2 aliphatic rings. The number of guanidine groups is 1. The van der Waals surface area contributed by atoms with Gasteiger partial charge in [0.2, 0.25) is 17.6 Å². The summed E-state index contributed by atoms with van der Waals surface area (Å²) < 4.78 is 21.8. The highest BCUT2D eigenvalue weighted by atomic mass is 16.5. The highest BCUT2D eigenvalue weighted by molar-refractivity contribution is 6.08. The Balaban J connectivity index is 1.68. The molecule has 4 rings (SSSR count). The number of rotatable bonds is 7. The van der Waals surface area contributed by atoms with Crippen LogP contribution in [0.25, 0.3) is 0 Å². The third-order valence-corrected chi connectivity index (χ3v) is 6.39. The first-order chi connectivity index (χ1) is 17.5. The Morgan fingerprint density at radius 3 is 2.22 bits per heavy atom. The van der Waals surface area contributed by atoms with Crippen LogP contribution in [0.3, 0.4) is 0 Å². The average Bonchev–Trinajstić information content (AvgIpc) is 2.92. The Labute approximate surface area is 210 Å². The maximum absolute atomic E-state index is 13.3. The largest absolute Gasteiger partial charge is 0.493 e. The van der Waals surface area contributed by atoms with E-state index in [0.717, 1.165) is 18.8 Å². The van der Waals surface area contributed by atoms with Gasteiger partial charge in [-0.25, -0.2) is 4.99 Å². The molecule has 1 N–H and O–H groups in total. The zero-order valence-corrected chi connectivity index (χ0v) is 21.0. The lowest BCUT2D eigenvalue weighted by atomic mass is 9.90. The van der Waals surface area contributed by atoms with Crippen LogP contribution < -0.4 is 24.4 Å². The summed E-state index contributed by atoms with van der Waals surface area (Å²) in [6, 6.07) is 12.8. The third-order valence-electron chi connectivity index (χ3n) is 6.39. The fraction of sp³-hybridized carbons (Fsp3) is 0.423. The molecule has 0 bridgehead atoms. The zero-order chi connectivity index (χ0) is 25.7. The van der Waals surface area contributed by atoms with Crippen LogP contribution in [0.2, 0.25) is 0 Å². The average molecular weight is 497 g/mol. The number of para-hydroxylation sites is 1. The molecule has 0 saturated carbocycles. The quantitative estimate of drug-likeness (QED) is 0.460. The summed E-state index contributed by atoms with van der Waals surface area (Å²) in [5.41, 5.74) is 1.69. The Kier molecular flexibility index (Phi) is 7.82. The smallest absolute Gasteiger partial charge is 0.321 e. The highest BCUT2D eigenvalue weighted by Crippen LogP contribution is 2.45. The van der Waals surface area contributed by atoms with Crippen molar-refractivity contribution in [2.45, 2.75) is 13.0 Å². The van der Waals surface area contributed by atoms with Gasteiger partial charge in [0.05, 0.1) is 27.9 Å². The fourth-order valence-electron chi connectivity index (χ4n) is 4.62. The molecule has 0 radical (unpaired) electrons. The Morgan fingerprint density at radius 2 is 1.61 bits per heavy atom. The maximum atomic E-state index is 13.3. The van der Waals surface area contributed by atoms with E-state index < -0.39 is 23.8 Å².